The SMILES string of the molecule is CCC(N)(N)c1cnc(C(F)(F)F)nc1.Cl. The highest BCUT2D eigenvalue weighted by Crippen LogP contribution is 2.26. The Bertz CT molecular complexity index is 336. The van der Waals surface area contributed by atoms with Gasteiger partial charge in [-0.1, -0.05) is 6.92 Å². The predicted octanol–water partition coefficient (Wildman–Crippen LogP) is 1.40. The fourth-order valence-electron chi connectivity index (χ4n) is 0.919. The van der Waals surface area contributed by atoms with Gasteiger partial charge in [-0.05, 0) is 6.42 Å². The van der Waals surface area contributed by atoms with E-state index in [2.05, 4.69) is 9.97 Å². The van der Waals surface area contributed by atoms with Crippen LogP contribution in [-0.4, -0.2) is 9.97 Å². The number of nitrogens with two attached hydrogens (primary N) is 2. The van der Waals surface area contributed by atoms with E-state index in [9.17, 15) is 13.2 Å². The zero-order chi connectivity index (χ0) is 11.7. The molecule has 0 amide bonds. The number of alkyl halides is 3. The summed E-state index contributed by atoms with van der Waals surface area (Å²) in [5, 5.41) is 0. The minimum absolute atomic E-state index is 0. The lowest BCUT2D eigenvalue weighted by molar-refractivity contribution is -0.145. The number of hydrogen-bond donors (Lipinski definition) is 2. The fraction of sp³-hybridized carbons (Fsp3) is 0.500. The van der Waals surface area contributed by atoms with Crippen LogP contribution in [0.25, 0.3) is 0 Å². The summed E-state index contributed by atoms with van der Waals surface area (Å²) >= 11 is 0. The number of hydrogen-bond acceptors (Lipinski definition) is 4. The summed E-state index contributed by atoms with van der Waals surface area (Å²) in [6, 6.07) is 0. The number of nitrogens with zero attached hydrogens (tertiary/aromatic N) is 2. The highest BCUT2D eigenvalue weighted by molar-refractivity contribution is 5.85. The van der Waals surface area contributed by atoms with E-state index in [-0.39, 0.29) is 18.0 Å². The molecule has 92 valence electrons. The van der Waals surface area contributed by atoms with E-state index in [1.165, 1.54) is 0 Å². The molecule has 0 spiro atoms. The molecule has 0 radical (unpaired) electrons. The van der Waals surface area contributed by atoms with E-state index in [4.69, 9.17) is 11.5 Å². The van der Waals surface area contributed by atoms with Gasteiger partial charge in [0.15, 0.2) is 0 Å². The van der Waals surface area contributed by atoms with Gasteiger partial charge in [0.25, 0.3) is 0 Å². The Morgan fingerprint density at radius 1 is 1.19 bits per heavy atom. The molecule has 4 N–H and O–H groups in total. The molecule has 0 fully saturated rings. The third kappa shape index (κ3) is 3.29. The van der Waals surface area contributed by atoms with Crippen LogP contribution in [0.5, 0.6) is 0 Å². The van der Waals surface area contributed by atoms with Crippen LogP contribution in [0, 0.1) is 0 Å². The Labute approximate surface area is 96.7 Å². The van der Waals surface area contributed by atoms with Crippen LogP contribution in [-0.2, 0) is 11.8 Å². The van der Waals surface area contributed by atoms with Crippen molar-refractivity contribution < 1.29 is 13.2 Å². The molecule has 1 aromatic heterocycles. The lowest BCUT2D eigenvalue weighted by Crippen LogP contribution is -2.45. The average Bonchev–Trinajstić information content (AvgIpc) is 2.17. The molecule has 0 saturated carbocycles. The van der Waals surface area contributed by atoms with E-state index in [0.717, 1.165) is 12.4 Å². The first-order valence-electron chi connectivity index (χ1n) is 4.25. The Morgan fingerprint density at radius 2 is 1.62 bits per heavy atom. The first-order chi connectivity index (χ1) is 6.77. The third-order valence-corrected chi connectivity index (χ3v) is 2.03. The molecule has 0 aromatic carbocycles. The summed E-state index contributed by atoms with van der Waals surface area (Å²) in [7, 11) is 0. The monoisotopic (exact) mass is 256 g/mol. The highest BCUT2D eigenvalue weighted by atomic mass is 35.5. The van der Waals surface area contributed by atoms with Crippen molar-refractivity contribution in [3.05, 3.63) is 23.8 Å². The van der Waals surface area contributed by atoms with E-state index in [1.54, 1.807) is 6.92 Å². The second-order valence-corrected chi connectivity index (χ2v) is 3.19. The maximum atomic E-state index is 12.1. The molecular weight excluding hydrogens is 245 g/mol. The molecular formula is C8H12ClF3N4. The molecule has 0 unspecified atom stereocenters. The largest absolute Gasteiger partial charge is 0.451 e. The van der Waals surface area contributed by atoms with Crippen LogP contribution in [0.4, 0.5) is 13.2 Å². The van der Waals surface area contributed by atoms with Gasteiger partial charge >= 0.3 is 6.18 Å². The van der Waals surface area contributed by atoms with Crippen LogP contribution in [0.3, 0.4) is 0 Å². The average molecular weight is 257 g/mol. The van der Waals surface area contributed by atoms with Crippen molar-refractivity contribution in [1.29, 1.82) is 0 Å². The molecule has 8 heteroatoms. The van der Waals surface area contributed by atoms with Gasteiger partial charge in [0, 0.05) is 18.0 Å². The van der Waals surface area contributed by atoms with Gasteiger partial charge in [0.1, 0.15) is 0 Å². The Hall–Kier alpha value is -0.920. The van der Waals surface area contributed by atoms with Gasteiger partial charge in [0.05, 0.1) is 5.66 Å². The Kier molecular flexibility index (Phi) is 4.66. The topological polar surface area (TPSA) is 77.8 Å². The fourth-order valence-corrected chi connectivity index (χ4v) is 0.919. The van der Waals surface area contributed by atoms with Gasteiger partial charge < -0.3 is 11.5 Å². The van der Waals surface area contributed by atoms with Gasteiger partial charge in [0.2, 0.25) is 5.82 Å². The molecule has 1 aromatic rings. The van der Waals surface area contributed by atoms with Crippen LogP contribution in [0.15, 0.2) is 12.4 Å². The van der Waals surface area contributed by atoms with E-state index >= 15 is 0 Å². The predicted molar refractivity (Wildman–Crippen MR) is 54.6 cm³/mol. The molecule has 4 nitrogen and oxygen atoms in total. The molecule has 0 aliphatic heterocycles. The van der Waals surface area contributed by atoms with E-state index in [0.29, 0.717) is 6.42 Å². The lowest BCUT2D eigenvalue weighted by Gasteiger charge is -2.22. The van der Waals surface area contributed by atoms with Crippen LogP contribution in [0.2, 0.25) is 0 Å². The van der Waals surface area contributed by atoms with Crippen LogP contribution >= 0.6 is 12.4 Å². The summed E-state index contributed by atoms with van der Waals surface area (Å²) in [4.78, 5) is 6.34. The molecule has 0 atom stereocenters. The molecule has 16 heavy (non-hydrogen) atoms. The van der Waals surface area contributed by atoms with Crippen molar-refractivity contribution in [1.82, 2.24) is 9.97 Å². The lowest BCUT2D eigenvalue weighted by atomic mass is 10.0. The molecule has 1 heterocycles. The minimum Gasteiger partial charge on any atom is -0.310 e. The first kappa shape index (κ1) is 15.1. The van der Waals surface area contributed by atoms with Crippen molar-refractivity contribution in [3.63, 3.8) is 0 Å². The Balaban J connectivity index is 0.00000225. The molecule has 0 bridgehead atoms. The number of aromatic nitrogens is 2. The zero-order valence-electron chi connectivity index (χ0n) is 8.45. The maximum Gasteiger partial charge on any atom is 0.451 e. The second-order valence-electron chi connectivity index (χ2n) is 3.19. The van der Waals surface area contributed by atoms with Crippen molar-refractivity contribution in [2.75, 3.05) is 0 Å². The minimum atomic E-state index is -4.55. The van der Waals surface area contributed by atoms with Gasteiger partial charge in [-0.2, -0.15) is 13.2 Å². The summed E-state index contributed by atoms with van der Waals surface area (Å²) in [5.41, 5.74) is 10.3. The third-order valence-electron chi connectivity index (χ3n) is 2.03. The summed E-state index contributed by atoms with van der Waals surface area (Å²) in [6.45, 7) is 1.72. The van der Waals surface area contributed by atoms with Crippen LogP contribution in [0.1, 0.15) is 24.7 Å². The highest BCUT2D eigenvalue weighted by Gasteiger charge is 2.34. The zero-order valence-corrected chi connectivity index (χ0v) is 9.27. The normalized spacial score (nSPS) is 12.1. The Morgan fingerprint density at radius 3 is 1.94 bits per heavy atom. The van der Waals surface area contributed by atoms with E-state index < -0.39 is 17.7 Å². The van der Waals surface area contributed by atoms with Crippen molar-refractivity contribution in [3.8, 4) is 0 Å². The van der Waals surface area contributed by atoms with Crippen molar-refractivity contribution >= 4 is 12.4 Å². The van der Waals surface area contributed by atoms with Crippen molar-refractivity contribution in [2.24, 2.45) is 11.5 Å². The molecule has 0 aliphatic carbocycles. The number of rotatable bonds is 2. The van der Waals surface area contributed by atoms with Gasteiger partial charge in [-0.25, -0.2) is 9.97 Å². The molecule has 0 aliphatic rings. The van der Waals surface area contributed by atoms with Crippen molar-refractivity contribution in [2.45, 2.75) is 25.2 Å². The quantitative estimate of drug-likeness (QED) is 0.784. The molecule has 0 saturated heterocycles. The number of halogens is 4. The van der Waals surface area contributed by atoms with E-state index in [1.807, 2.05) is 0 Å². The smallest absolute Gasteiger partial charge is 0.310 e. The molecule has 1 rings (SSSR count). The van der Waals surface area contributed by atoms with Crippen LogP contribution < -0.4 is 11.5 Å². The summed E-state index contributed by atoms with van der Waals surface area (Å²) in [6.07, 6.45) is -2.17. The summed E-state index contributed by atoms with van der Waals surface area (Å²) in [5.74, 6) is -1.20. The van der Waals surface area contributed by atoms with Gasteiger partial charge in [-0.15, -0.1) is 12.4 Å². The standard InChI is InChI=1S/C8H11F3N4.ClH/c1-2-7(12,13)5-3-14-6(15-4-5)8(9,10)11;/h3-4H,2,12-13H2,1H3;1H. The maximum absolute atomic E-state index is 12.1. The van der Waals surface area contributed by atoms with Gasteiger partial charge in [-0.3, -0.25) is 0 Å². The second kappa shape index (κ2) is 4.94. The summed E-state index contributed by atoms with van der Waals surface area (Å²) < 4.78 is 36.3. The first-order valence-corrected chi connectivity index (χ1v) is 4.25.